The average Bonchev–Trinajstić information content (AvgIpc) is 2.39. The lowest BCUT2D eigenvalue weighted by molar-refractivity contribution is 0.112. The molecule has 3 nitrogen and oxygen atoms in total. The maximum absolute atomic E-state index is 10.7. The summed E-state index contributed by atoms with van der Waals surface area (Å²) >= 11 is 6.25. The number of benzene rings is 1. The topological polar surface area (TPSA) is 23.6 Å². The van der Waals surface area contributed by atoms with Gasteiger partial charge in [0.05, 0.1) is 10.7 Å². The van der Waals surface area contributed by atoms with Gasteiger partial charge < -0.3 is 4.90 Å². The largest absolute Gasteiger partial charge is 0.368 e. The number of carbonyl (C=O) groups excluding carboxylic acids is 1. The minimum Gasteiger partial charge on any atom is -0.368 e. The Bertz CT molecular complexity index is 440. The summed E-state index contributed by atoms with van der Waals surface area (Å²) in [5.41, 5.74) is 1.67. The summed E-state index contributed by atoms with van der Waals surface area (Å²) in [5, 5.41) is 0.668. The quantitative estimate of drug-likeness (QED) is 0.793. The van der Waals surface area contributed by atoms with Gasteiger partial charge in [-0.15, -0.1) is 0 Å². The predicted molar refractivity (Wildman–Crippen MR) is 80.3 cm³/mol. The van der Waals surface area contributed by atoms with Crippen LogP contribution < -0.4 is 4.90 Å². The first-order valence-electron chi connectivity index (χ1n) is 6.82. The lowest BCUT2D eigenvalue weighted by Crippen LogP contribution is -2.47. The first kappa shape index (κ1) is 14.4. The van der Waals surface area contributed by atoms with Crippen LogP contribution in [0.5, 0.6) is 0 Å². The van der Waals surface area contributed by atoms with Crippen molar-refractivity contribution in [1.29, 1.82) is 0 Å². The number of rotatable bonds is 4. The molecule has 0 unspecified atom stereocenters. The summed E-state index contributed by atoms with van der Waals surface area (Å²) < 4.78 is 0. The monoisotopic (exact) mass is 280 g/mol. The van der Waals surface area contributed by atoms with Crippen LogP contribution in [-0.4, -0.2) is 43.9 Å². The molecule has 104 valence electrons. The van der Waals surface area contributed by atoms with E-state index in [1.807, 2.05) is 12.1 Å². The molecule has 2 rings (SSSR count). The Kier molecular flexibility index (Phi) is 4.83. The molecule has 0 atom stereocenters. The lowest BCUT2D eigenvalue weighted by atomic mass is 10.1. The van der Waals surface area contributed by atoms with E-state index in [4.69, 9.17) is 11.6 Å². The molecule has 0 saturated carbocycles. The second kappa shape index (κ2) is 6.40. The van der Waals surface area contributed by atoms with E-state index in [1.165, 1.54) is 0 Å². The minimum absolute atomic E-state index is 0.632. The van der Waals surface area contributed by atoms with Crippen molar-refractivity contribution in [2.75, 3.05) is 37.6 Å². The van der Waals surface area contributed by atoms with E-state index in [0.29, 0.717) is 16.5 Å². The summed E-state index contributed by atoms with van der Waals surface area (Å²) in [7, 11) is 0. The van der Waals surface area contributed by atoms with Gasteiger partial charge in [0.1, 0.15) is 6.29 Å². The molecule has 1 saturated heterocycles. The summed E-state index contributed by atoms with van der Waals surface area (Å²) in [6.45, 7) is 9.79. The molecule has 0 spiro atoms. The van der Waals surface area contributed by atoms with E-state index < -0.39 is 0 Å². The molecule has 0 aliphatic carbocycles. The number of halogens is 1. The zero-order valence-corrected chi connectivity index (χ0v) is 12.4. The number of nitrogens with zero attached hydrogens (tertiary/aromatic N) is 2. The summed E-state index contributed by atoms with van der Waals surface area (Å²) in [4.78, 5) is 15.5. The van der Waals surface area contributed by atoms with E-state index in [-0.39, 0.29) is 0 Å². The summed E-state index contributed by atoms with van der Waals surface area (Å²) in [6.07, 6.45) is 0.830. The predicted octanol–water partition coefficient (Wildman–Crippen LogP) is 2.93. The first-order valence-corrected chi connectivity index (χ1v) is 7.20. The standard InChI is InChI=1S/C15H21ClN2O/c1-12(2)10-17-5-7-18(8-6-17)15-4-3-13(11-19)9-14(15)16/h3-4,9,11-12H,5-8,10H2,1-2H3. The van der Waals surface area contributed by atoms with Gasteiger partial charge in [0.15, 0.2) is 0 Å². The highest BCUT2D eigenvalue weighted by Crippen LogP contribution is 2.27. The number of hydrogen-bond acceptors (Lipinski definition) is 3. The van der Waals surface area contributed by atoms with Crippen molar-refractivity contribution >= 4 is 23.6 Å². The molecule has 4 heteroatoms. The third-order valence-corrected chi connectivity index (χ3v) is 3.75. The number of aldehydes is 1. The van der Waals surface area contributed by atoms with E-state index in [1.54, 1.807) is 6.07 Å². The van der Waals surface area contributed by atoms with Crippen molar-refractivity contribution in [3.05, 3.63) is 28.8 Å². The second-order valence-corrected chi connectivity index (χ2v) is 5.92. The average molecular weight is 281 g/mol. The van der Waals surface area contributed by atoms with Gasteiger partial charge in [-0.05, 0) is 24.1 Å². The fraction of sp³-hybridized carbons (Fsp3) is 0.533. The molecular weight excluding hydrogens is 260 g/mol. The highest BCUT2D eigenvalue weighted by molar-refractivity contribution is 6.33. The lowest BCUT2D eigenvalue weighted by Gasteiger charge is -2.37. The molecule has 0 aromatic heterocycles. The maximum atomic E-state index is 10.7. The van der Waals surface area contributed by atoms with Crippen LogP contribution in [0.1, 0.15) is 24.2 Å². The van der Waals surface area contributed by atoms with Gasteiger partial charge >= 0.3 is 0 Å². The summed E-state index contributed by atoms with van der Waals surface area (Å²) in [6, 6.07) is 5.52. The van der Waals surface area contributed by atoms with Crippen molar-refractivity contribution in [2.45, 2.75) is 13.8 Å². The zero-order valence-electron chi connectivity index (χ0n) is 11.6. The van der Waals surface area contributed by atoms with Crippen LogP contribution in [0, 0.1) is 5.92 Å². The highest BCUT2D eigenvalue weighted by Gasteiger charge is 2.19. The van der Waals surface area contributed by atoms with E-state index >= 15 is 0 Å². The molecule has 1 aromatic carbocycles. The fourth-order valence-corrected chi connectivity index (χ4v) is 2.85. The third-order valence-electron chi connectivity index (χ3n) is 3.44. The summed E-state index contributed by atoms with van der Waals surface area (Å²) in [5.74, 6) is 0.710. The van der Waals surface area contributed by atoms with Gasteiger partial charge in [0.2, 0.25) is 0 Å². The van der Waals surface area contributed by atoms with Crippen LogP contribution in [-0.2, 0) is 0 Å². The van der Waals surface area contributed by atoms with Gasteiger partial charge in [-0.2, -0.15) is 0 Å². The van der Waals surface area contributed by atoms with Crippen molar-refractivity contribution in [3.63, 3.8) is 0 Å². The normalized spacial score (nSPS) is 16.9. The number of hydrogen-bond donors (Lipinski definition) is 0. The molecule has 0 N–H and O–H groups in total. The highest BCUT2D eigenvalue weighted by atomic mass is 35.5. The Balaban J connectivity index is 1.99. The van der Waals surface area contributed by atoms with E-state index in [9.17, 15) is 4.79 Å². The van der Waals surface area contributed by atoms with E-state index in [2.05, 4.69) is 23.6 Å². The Labute approximate surface area is 120 Å². The maximum Gasteiger partial charge on any atom is 0.150 e. The molecule has 0 bridgehead atoms. The van der Waals surface area contributed by atoms with Crippen LogP contribution in [0.15, 0.2) is 18.2 Å². The van der Waals surface area contributed by atoms with Crippen LogP contribution in [0.2, 0.25) is 5.02 Å². The van der Waals surface area contributed by atoms with E-state index in [0.717, 1.165) is 44.7 Å². The molecule has 0 amide bonds. The van der Waals surface area contributed by atoms with Gasteiger partial charge in [0, 0.05) is 38.3 Å². The van der Waals surface area contributed by atoms with Gasteiger partial charge in [-0.1, -0.05) is 25.4 Å². The Morgan fingerprint density at radius 3 is 2.47 bits per heavy atom. The van der Waals surface area contributed by atoms with Gasteiger partial charge in [-0.25, -0.2) is 0 Å². The molecule has 1 fully saturated rings. The second-order valence-electron chi connectivity index (χ2n) is 5.51. The Morgan fingerprint density at radius 1 is 1.26 bits per heavy atom. The Hall–Kier alpha value is -1.06. The van der Waals surface area contributed by atoms with Crippen LogP contribution in [0.25, 0.3) is 0 Å². The third kappa shape index (κ3) is 3.71. The van der Waals surface area contributed by atoms with Crippen LogP contribution in [0.4, 0.5) is 5.69 Å². The zero-order chi connectivity index (χ0) is 13.8. The molecular formula is C15H21ClN2O. The minimum atomic E-state index is 0.632. The van der Waals surface area contributed by atoms with Gasteiger partial charge in [-0.3, -0.25) is 9.69 Å². The Morgan fingerprint density at radius 2 is 1.95 bits per heavy atom. The number of anilines is 1. The smallest absolute Gasteiger partial charge is 0.150 e. The number of piperazine rings is 1. The molecule has 1 aromatic rings. The van der Waals surface area contributed by atoms with Crippen molar-refractivity contribution in [2.24, 2.45) is 5.92 Å². The first-order chi connectivity index (χ1) is 9.10. The molecule has 1 aliphatic heterocycles. The number of carbonyl (C=O) groups is 1. The van der Waals surface area contributed by atoms with Crippen molar-refractivity contribution in [3.8, 4) is 0 Å². The molecule has 0 radical (unpaired) electrons. The molecule has 1 heterocycles. The van der Waals surface area contributed by atoms with Gasteiger partial charge in [0.25, 0.3) is 0 Å². The van der Waals surface area contributed by atoms with Crippen molar-refractivity contribution in [1.82, 2.24) is 4.90 Å². The fourth-order valence-electron chi connectivity index (χ4n) is 2.54. The van der Waals surface area contributed by atoms with Crippen LogP contribution >= 0.6 is 11.6 Å². The van der Waals surface area contributed by atoms with Crippen molar-refractivity contribution < 1.29 is 4.79 Å². The van der Waals surface area contributed by atoms with Crippen LogP contribution in [0.3, 0.4) is 0 Å². The molecule has 19 heavy (non-hydrogen) atoms. The SMILES string of the molecule is CC(C)CN1CCN(c2ccc(C=O)cc2Cl)CC1. The molecule has 1 aliphatic rings.